The van der Waals surface area contributed by atoms with Crippen LogP contribution in [0.3, 0.4) is 0 Å². The van der Waals surface area contributed by atoms with Crippen LogP contribution in [0.4, 0.5) is 24.5 Å². The minimum absolute atomic E-state index is 0.150. The monoisotopic (exact) mass is 346 g/mol. The summed E-state index contributed by atoms with van der Waals surface area (Å²) in [5.74, 6) is -0.267. The summed E-state index contributed by atoms with van der Waals surface area (Å²) in [7, 11) is 0. The Morgan fingerprint density at radius 2 is 1.84 bits per heavy atom. The SMILES string of the molecule is C=CC(=O)N[C@@H]1Cc2ccccc2N(c2ccc(C(F)(F)F)cc2)C1. The van der Waals surface area contributed by atoms with Crippen molar-refractivity contribution in [3.63, 3.8) is 0 Å². The first-order valence-corrected chi connectivity index (χ1v) is 7.84. The quantitative estimate of drug-likeness (QED) is 0.850. The Kier molecular flexibility index (Phi) is 4.53. The molecule has 1 aliphatic rings. The van der Waals surface area contributed by atoms with Gasteiger partial charge >= 0.3 is 6.18 Å². The second-order valence-electron chi connectivity index (χ2n) is 5.90. The summed E-state index contributed by atoms with van der Waals surface area (Å²) in [6.07, 6.45) is -2.49. The van der Waals surface area contributed by atoms with E-state index in [0.717, 1.165) is 23.4 Å². The molecular weight excluding hydrogens is 329 g/mol. The Bertz CT molecular complexity index is 784. The molecule has 0 bridgehead atoms. The lowest BCUT2D eigenvalue weighted by molar-refractivity contribution is -0.137. The number of halogens is 3. The summed E-state index contributed by atoms with van der Waals surface area (Å²) in [6, 6.07) is 12.6. The van der Waals surface area contributed by atoms with E-state index in [1.54, 1.807) is 0 Å². The molecule has 1 heterocycles. The van der Waals surface area contributed by atoms with E-state index in [2.05, 4.69) is 11.9 Å². The molecule has 6 heteroatoms. The first-order valence-electron chi connectivity index (χ1n) is 7.84. The predicted molar refractivity (Wildman–Crippen MR) is 90.7 cm³/mol. The summed E-state index contributed by atoms with van der Waals surface area (Å²) >= 11 is 0. The molecule has 0 aromatic heterocycles. The maximum absolute atomic E-state index is 12.8. The third-order valence-corrected chi connectivity index (χ3v) is 4.19. The average Bonchev–Trinajstić information content (AvgIpc) is 2.60. The zero-order valence-electron chi connectivity index (χ0n) is 13.4. The van der Waals surface area contributed by atoms with Crippen LogP contribution in [0, 0.1) is 0 Å². The molecule has 0 saturated heterocycles. The van der Waals surface area contributed by atoms with Crippen LogP contribution in [-0.2, 0) is 17.4 Å². The van der Waals surface area contributed by atoms with E-state index in [0.29, 0.717) is 18.7 Å². The Hall–Kier alpha value is -2.76. The van der Waals surface area contributed by atoms with Crippen LogP contribution in [0.5, 0.6) is 0 Å². The zero-order chi connectivity index (χ0) is 18.0. The number of amides is 1. The van der Waals surface area contributed by atoms with E-state index < -0.39 is 11.7 Å². The molecular formula is C19H17F3N2O. The normalized spacial score (nSPS) is 16.9. The molecule has 3 nitrogen and oxygen atoms in total. The number of nitrogens with zero attached hydrogens (tertiary/aromatic N) is 1. The van der Waals surface area contributed by atoms with E-state index in [-0.39, 0.29) is 11.9 Å². The Morgan fingerprint density at radius 3 is 2.48 bits per heavy atom. The van der Waals surface area contributed by atoms with Crippen molar-refractivity contribution in [3.8, 4) is 0 Å². The van der Waals surface area contributed by atoms with Gasteiger partial charge in [0.25, 0.3) is 0 Å². The van der Waals surface area contributed by atoms with E-state index in [9.17, 15) is 18.0 Å². The first-order chi connectivity index (χ1) is 11.9. The highest BCUT2D eigenvalue weighted by molar-refractivity contribution is 5.87. The largest absolute Gasteiger partial charge is 0.416 e. The fraction of sp³-hybridized carbons (Fsp3) is 0.211. The summed E-state index contributed by atoms with van der Waals surface area (Å²) in [6.45, 7) is 3.92. The van der Waals surface area contributed by atoms with Crippen molar-refractivity contribution < 1.29 is 18.0 Å². The smallest absolute Gasteiger partial charge is 0.348 e. The maximum atomic E-state index is 12.8. The van der Waals surface area contributed by atoms with Gasteiger partial charge in [-0.3, -0.25) is 4.79 Å². The van der Waals surface area contributed by atoms with E-state index in [1.165, 1.54) is 18.2 Å². The molecule has 1 amide bonds. The molecule has 0 aliphatic carbocycles. The van der Waals surface area contributed by atoms with Crippen molar-refractivity contribution >= 4 is 17.3 Å². The number of alkyl halides is 3. The van der Waals surface area contributed by atoms with Crippen LogP contribution in [-0.4, -0.2) is 18.5 Å². The van der Waals surface area contributed by atoms with E-state index >= 15 is 0 Å². The van der Waals surface area contributed by atoms with E-state index in [1.807, 2.05) is 29.2 Å². The van der Waals surface area contributed by atoms with Crippen molar-refractivity contribution in [1.29, 1.82) is 0 Å². The second kappa shape index (κ2) is 6.63. The van der Waals surface area contributed by atoms with Gasteiger partial charge < -0.3 is 10.2 Å². The third-order valence-electron chi connectivity index (χ3n) is 4.19. The summed E-state index contributed by atoms with van der Waals surface area (Å²) in [5.41, 5.74) is 1.94. The molecule has 3 rings (SSSR count). The van der Waals surface area contributed by atoms with Crippen molar-refractivity contribution in [2.24, 2.45) is 0 Å². The summed E-state index contributed by atoms with van der Waals surface area (Å²) in [4.78, 5) is 13.5. The molecule has 0 unspecified atom stereocenters. The standard InChI is InChI=1S/C19H17F3N2O/c1-2-18(25)23-15-11-13-5-3-4-6-17(13)24(12-15)16-9-7-14(8-10-16)19(20,21)22/h2-10,15H,1,11-12H2,(H,23,25)/t15-/m1/s1. The lowest BCUT2D eigenvalue weighted by Crippen LogP contribution is -2.46. The van der Waals surface area contributed by atoms with Gasteiger partial charge in [0.05, 0.1) is 11.6 Å². The average molecular weight is 346 g/mol. The highest BCUT2D eigenvalue weighted by atomic mass is 19.4. The Morgan fingerprint density at radius 1 is 1.16 bits per heavy atom. The van der Waals surface area contributed by atoms with Crippen LogP contribution in [0.25, 0.3) is 0 Å². The van der Waals surface area contributed by atoms with Crippen LogP contribution in [0.1, 0.15) is 11.1 Å². The molecule has 130 valence electrons. The van der Waals surface area contributed by atoms with Gasteiger partial charge in [-0.25, -0.2) is 0 Å². The van der Waals surface area contributed by atoms with Crippen LogP contribution >= 0.6 is 0 Å². The Balaban J connectivity index is 1.93. The fourth-order valence-electron chi connectivity index (χ4n) is 3.03. The molecule has 0 saturated carbocycles. The maximum Gasteiger partial charge on any atom is 0.416 e. The topological polar surface area (TPSA) is 32.3 Å². The number of fused-ring (bicyclic) bond motifs is 1. The number of anilines is 2. The van der Waals surface area contributed by atoms with Crippen LogP contribution in [0.15, 0.2) is 61.2 Å². The van der Waals surface area contributed by atoms with Gasteiger partial charge in [-0.15, -0.1) is 0 Å². The van der Waals surface area contributed by atoms with Gasteiger partial charge in [0.1, 0.15) is 0 Å². The van der Waals surface area contributed by atoms with Gasteiger partial charge in [0.2, 0.25) is 5.91 Å². The third kappa shape index (κ3) is 3.68. The Labute approximate surface area is 143 Å². The highest BCUT2D eigenvalue weighted by Gasteiger charge is 2.31. The van der Waals surface area contributed by atoms with Crippen molar-refractivity contribution in [2.45, 2.75) is 18.6 Å². The number of hydrogen-bond acceptors (Lipinski definition) is 2. The number of carbonyl (C=O) groups is 1. The van der Waals surface area contributed by atoms with Gasteiger partial charge in [-0.05, 0) is 48.4 Å². The second-order valence-corrected chi connectivity index (χ2v) is 5.90. The van der Waals surface area contributed by atoms with Gasteiger partial charge in [0, 0.05) is 17.9 Å². The van der Waals surface area contributed by atoms with E-state index in [4.69, 9.17) is 0 Å². The minimum atomic E-state index is -4.36. The fourth-order valence-corrected chi connectivity index (χ4v) is 3.03. The lowest BCUT2D eigenvalue weighted by Gasteiger charge is -2.36. The minimum Gasteiger partial charge on any atom is -0.348 e. The lowest BCUT2D eigenvalue weighted by atomic mass is 9.97. The summed E-state index contributed by atoms with van der Waals surface area (Å²) < 4.78 is 38.3. The zero-order valence-corrected chi connectivity index (χ0v) is 13.4. The molecule has 1 aliphatic heterocycles. The molecule has 0 fully saturated rings. The van der Waals surface area contributed by atoms with Crippen LogP contribution < -0.4 is 10.2 Å². The molecule has 2 aromatic rings. The summed E-state index contributed by atoms with van der Waals surface area (Å²) in [5, 5.41) is 2.87. The predicted octanol–water partition coefficient (Wildman–Crippen LogP) is 4.07. The molecule has 0 spiro atoms. The molecule has 25 heavy (non-hydrogen) atoms. The number of nitrogens with one attached hydrogen (secondary N) is 1. The van der Waals surface area contributed by atoms with Crippen LogP contribution in [0.2, 0.25) is 0 Å². The molecule has 2 aromatic carbocycles. The van der Waals surface area contributed by atoms with Gasteiger partial charge in [-0.2, -0.15) is 13.2 Å². The van der Waals surface area contributed by atoms with Crippen molar-refractivity contribution in [1.82, 2.24) is 5.32 Å². The number of carbonyl (C=O) groups excluding carboxylic acids is 1. The van der Waals surface area contributed by atoms with Gasteiger partial charge in [-0.1, -0.05) is 24.8 Å². The van der Waals surface area contributed by atoms with Gasteiger partial charge in [0.15, 0.2) is 0 Å². The number of benzene rings is 2. The number of para-hydroxylation sites is 1. The molecule has 1 atom stereocenters. The van der Waals surface area contributed by atoms with Crippen molar-refractivity contribution in [2.75, 3.05) is 11.4 Å². The molecule has 1 N–H and O–H groups in total. The van der Waals surface area contributed by atoms with Crippen molar-refractivity contribution in [3.05, 3.63) is 72.3 Å². The molecule has 0 radical (unpaired) electrons. The number of rotatable bonds is 3. The first kappa shape index (κ1) is 17.1. The number of hydrogen-bond donors (Lipinski definition) is 1. The highest BCUT2D eigenvalue weighted by Crippen LogP contribution is 2.35.